The quantitative estimate of drug-likeness (QED) is 0.808. The van der Waals surface area contributed by atoms with Crippen LogP contribution in [0.2, 0.25) is 0 Å². The smallest absolute Gasteiger partial charge is 0.326 e. The molecule has 0 aliphatic rings. The van der Waals surface area contributed by atoms with Crippen LogP contribution in [0.3, 0.4) is 0 Å². The number of rotatable bonds is 6. The fourth-order valence-corrected chi connectivity index (χ4v) is 1.81. The highest BCUT2D eigenvalue weighted by Gasteiger charge is 2.21. The molecule has 0 radical (unpaired) electrons. The van der Waals surface area contributed by atoms with Gasteiger partial charge in [-0.1, -0.05) is 15.9 Å². The van der Waals surface area contributed by atoms with Gasteiger partial charge in [0.05, 0.1) is 0 Å². The van der Waals surface area contributed by atoms with Crippen LogP contribution in [0.4, 0.5) is 0 Å². The third kappa shape index (κ3) is 5.18. The minimum atomic E-state index is -1.07. The number of likely N-dealkylation sites (N-methyl/N-ethyl adjacent to an activating group) is 1. The average Bonchev–Trinajstić information content (AvgIpc) is 2.45. The summed E-state index contributed by atoms with van der Waals surface area (Å²) in [6, 6.07) is 5.95. The first-order valence-corrected chi connectivity index (χ1v) is 7.14. The predicted molar refractivity (Wildman–Crippen MR) is 81.0 cm³/mol. The van der Waals surface area contributed by atoms with E-state index in [2.05, 4.69) is 21.2 Å². The van der Waals surface area contributed by atoms with Gasteiger partial charge in [-0.3, -0.25) is 9.59 Å². The molecule has 0 saturated heterocycles. The van der Waals surface area contributed by atoms with E-state index in [4.69, 9.17) is 5.11 Å². The van der Waals surface area contributed by atoms with Crippen LogP contribution in [-0.2, 0) is 9.59 Å². The number of benzene rings is 1. The van der Waals surface area contributed by atoms with Crippen LogP contribution in [0, 0.1) is 0 Å². The minimum Gasteiger partial charge on any atom is -0.480 e. The molecule has 114 valence electrons. The van der Waals surface area contributed by atoms with Gasteiger partial charge in [-0.2, -0.15) is 0 Å². The van der Waals surface area contributed by atoms with Gasteiger partial charge in [0.15, 0.2) is 0 Å². The summed E-state index contributed by atoms with van der Waals surface area (Å²) in [5.41, 5.74) is 0.498. The molecule has 0 aliphatic carbocycles. The van der Waals surface area contributed by atoms with Crippen LogP contribution < -0.4 is 5.32 Å². The van der Waals surface area contributed by atoms with Gasteiger partial charge in [-0.25, -0.2) is 4.79 Å². The van der Waals surface area contributed by atoms with Gasteiger partial charge in [0.25, 0.3) is 5.91 Å². The molecule has 1 aromatic carbocycles. The van der Waals surface area contributed by atoms with Crippen molar-refractivity contribution in [3.63, 3.8) is 0 Å². The predicted octanol–water partition coefficient (Wildman–Crippen LogP) is 1.50. The summed E-state index contributed by atoms with van der Waals surface area (Å²) in [4.78, 5) is 35.5. The second kappa shape index (κ2) is 7.78. The number of carbonyl (C=O) groups excluding carboxylic acids is 2. The highest BCUT2D eigenvalue weighted by atomic mass is 79.9. The van der Waals surface area contributed by atoms with Crippen molar-refractivity contribution in [3.05, 3.63) is 34.3 Å². The molecule has 0 saturated carbocycles. The Balaban J connectivity index is 2.42. The molecule has 7 heteroatoms. The van der Waals surface area contributed by atoms with Gasteiger partial charge in [0.1, 0.15) is 6.04 Å². The van der Waals surface area contributed by atoms with Crippen molar-refractivity contribution in [2.75, 3.05) is 13.6 Å². The summed E-state index contributed by atoms with van der Waals surface area (Å²) in [5.74, 6) is -1.67. The average molecular weight is 357 g/mol. The molecular formula is C14H17BrN2O4. The lowest BCUT2D eigenvalue weighted by atomic mass is 10.2. The molecule has 0 aliphatic heterocycles. The molecule has 0 heterocycles. The van der Waals surface area contributed by atoms with E-state index in [0.29, 0.717) is 5.56 Å². The molecule has 1 aromatic rings. The number of carboxylic acid groups (broad SMARTS) is 1. The molecule has 0 spiro atoms. The largest absolute Gasteiger partial charge is 0.480 e. The van der Waals surface area contributed by atoms with E-state index in [-0.39, 0.29) is 24.8 Å². The van der Waals surface area contributed by atoms with Gasteiger partial charge in [0, 0.05) is 30.0 Å². The zero-order chi connectivity index (χ0) is 16.0. The van der Waals surface area contributed by atoms with Crippen molar-refractivity contribution in [3.8, 4) is 0 Å². The van der Waals surface area contributed by atoms with Crippen molar-refractivity contribution in [2.24, 2.45) is 0 Å². The first-order chi connectivity index (χ1) is 9.82. The van der Waals surface area contributed by atoms with Crippen molar-refractivity contribution in [1.82, 2.24) is 10.2 Å². The number of aliphatic carboxylic acids is 1. The van der Waals surface area contributed by atoms with Crippen LogP contribution in [0.15, 0.2) is 28.7 Å². The van der Waals surface area contributed by atoms with E-state index >= 15 is 0 Å². The summed E-state index contributed by atoms with van der Waals surface area (Å²) in [6.07, 6.45) is 0.0520. The number of carboxylic acids is 1. The van der Waals surface area contributed by atoms with Gasteiger partial charge in [-0.15, -0.1) is 0 Å². The van der Waals surface area contributed by atoms with Crippen molar-refractivity contribution < 1.29 is 19.5 Å². The van der Waals surface area contributed by atoms with Gasteiger partial charge >= 0.3 is 5.97 Å². The van der Waals surface area contributed by atoms with Crippen molar-refractivity contribution in [2.45, 2.75) is 19.4 Å². The molecule has 1 atom stereocenters. The zero-order valence-electron chi connectivity index (χ0n) is 11.8. The second-order valence-electron chi connectivity index (χ2n) is 4.53. The fraction of sp³-hybridized carbons (Fsp3) is 0.357. The van der Waals surface area contributed by atoms with Gasteiger partial charge < -0.3 is 15.3 Å². The third-order valence-electron chi connectivity index (χ3n) is 3.06. The van der Waals surface area contributed by atoms with Crippen molar-refractivity contribution in [1.29, 1.82) is 0 Å². The molecule has 2 amide bonds. The maximum absolute atomic E-state index is 11.8. The number of hydrogen-bond donors (Lipinski definition) is 2. The standard InChI is InChI=1S/C14H17BrN2O4/c1-9(14(20)21)17(2)12(18)7-8-16-13(19)10-3-5-11(15)6-4-10/h3-6,9H,7-8H2,1-2H3,(H,16,19)(H,20,21). The number of nitrogens with one attached hydrogen (secondary N) is 1. The summed E-state index contributed by atoms with van der Waals surface area (Å²) < 4.78 is 0.874. The monoisotopic (exact) mass is 356 g/mol. The summed E-state index contributed by atoms with van der Waals surface area (Å²) in [7, 11) is 1.43. The molecule has 21 heavy (non-hydrogen) atoms. The van der Waals surface area contributed by atoms with Gasteiger partial charge in [-0.05, 0) is 31.2 Å². The number of nitrogens with zero attached hydrogens (tertiary/aromatic N) is 1. The number of carbonyl (C=O) groups is 3. The zero-order valence-corrected chi connectivity index (χ0v) is 13.4. The Morgan fingerprint density at radius 3 is 2.38 bits per heavy atom. The third-order valence-corrected chi connectivity index (χ3v) is 3.59. The van der Waals surface area contributed by atoms with Gasteiger partial charge in [0.2, 0.25) is 5.91 Å². The van der Waals surface area contributed by atoms with Crippen LogP contribution in [0.1, 0.15) is 23.7 Å². The Hall–Kier alpha value is -1.89. The highest BCUT2D eigenvalue weighted by molar-refractivity contribution is 9.10. The molecule has 0 bridgehead atoms. The summed E-state index contributed by atoms with van der Waals surface area (Å²) >= 11 is 3.28. The van der Waals surface area contributed by atoms with Crippen LogP contribution in [-0.4, -0.2) is 47.4 Å². The lowest BCUT2D eigenvalue weighted by Gasteiger charge is -2.21. The number of amides is 2. The summed E-state index contributed by atoms with van der Waals surface area (Å²) in [5, 5.41) is 11.4. The normalized spacial score (nSPS) is 11.6. The Labute approximate surface area is 131 Å². The molecule has 2 N–H and O–H groups in total. The van der Waals surface area contributed by atoms with E-state index in [1.54, 1.807) is 24.3 Å². The maximum atomic E-state index is 11.8. The second-order valence-corrected chi connectivity index (χ2v) is 5.45. The lowest BCUT2D eigenvalue weighted by Crippen LogP contribution is -2.41. The lowest BCUT2D eigenvalue weighted by molar-refractivity contribution is -0.148. The van der Waals surface area contributed by atoms with E-state index in [9.17, 15) is 14.4 Å². The number of halogens is 1. The maximum Gasteiger partial charge on any atom is 0.326 e. The highest BCUT2D eigenvalue weighted by Crippen LogP contribution is 2.10. The SMILES string of the molecule is CC(C(=O)O)N(C)C(=O)CCNC(=O)c1ccc(Br)cc1. The Morgan fingerprint density at radius 2 is 1.86 bits per heavy atom. The Morgan fingerprint density at radius 1 is 1.29 bits per heavy atom. The van der Waals surface area contributed by atoms with Crippen molar-refractivity contribution >= 4 is 33.7 Å². The van der Waals surface area contributed by atoms with Crippen LogP contribution >= 0.6 is 15.9 Å². The molecule has 1 unspecified atom stereocenters. The molecule has 1 rings (SSSR count). The Kier molecular flexibility index (Phi) is 6.36. The minimum absolute atomic E-state index is 0.0520. The molecule has 0 aromatic heterocycles. The number of hydrogen-bond acceptors (Lipinski definition) is 3. The first-order valence-electron chi connectivity index (χ1n) is 6.35. The molecule has 0 fully saturated rings. The molecule has 6 nitrogen and oxygen atoms in total. The molecular weight excluding hydrogens is 340 g/mol. The summed E-state index contributed by atoms with van der Waals surface area (Å²) in [6.45, 7) is 1.59. The van der Waals surface area contributed by atoms with Crippen LogP contribution in [0.25, 0.3) is 0 Å². The van der Waals surface area contributed by atoms with E-state index < -0.39 is 12.0 Å². The topological polar surface area (TPSA) is 86.7 Å². The van der Waals surface area contributed by atoms with E-state index in [1.165, 1.54) is 14.0 Å². The van der Waals surface area contributed by atoms with E-state index in [1.807, 2.05) is 0 Å². The fourth-order valence-electron chi connectivity index (χ4n) is 1.54. The Bertz CT molecular complexity index is 530. The van der Waals surface area contributed by atoms with E-state index in [0.717, 1.165) is 9.37 Å². The van der Waals surface area contributed by atoms with Crippen LogP contribution in [0.5, 0.6) is 0 Å². The first kappa shape index (κ1) is 17.2.